The van der Waals surface area contributed by atoms with Gasteiger partial charge in [0.25, 0.3) is 11.8 Å². The molecule has 0 aliphatic carbocycles. The maximum atomic E-state index is 12.9. The van der Waals surface area contributed by atoms with Crippen molar-refractivity contribution in [3.8, 4) is 27.4 Å². The Morgan fingerprint density at radius 2 is 1.83 bits per heavy atom. The van der Waals surface area contributed by atoms with Crippen molar-refractivity contribution in [3.63, 3.8) is 0 Å². The molecular formula is C39H39N7O5S. The lowest BCUT2D eigenvalue weighted by molar-refractivity contribution is -0.137. The Hall–Kier alpha value is -5.82. The molecule has 0 spiro atoms. The van der Waals surface area contributed by atoms with Gasteiger partial charge < -0.3 is 25.2 Å². The average Bonchev–Trinajstić information content (AvgIpc) is 3.70. The summed E-state index contributed by atoms with van der Waals surface area (Å²) in [4.78, 5) is 62.1. The maximum absolute atomic E-state index is 12.9. The molecule has 3 aromatic carbocycles. The first-order valence-electron chi connectivity index (χ1n) is 17.2. The Bertz CT molecular complexity index is 2180. The van der Waals surface area contributed by atoms with Crippen LogP contribution in [0.15, 0.2) is 72.9 Å². The number of anilines is 2. The molecule has 1 fully saturated rings. The van der Waals surface area contributed by atoms with Crippen LogP contribution < -0.4 is 25.6 Å². The molecule has 2 aliphatic heterocycles. The van der Waals surface area contributed by atoms with Gasteiger partial charge >= 0.3 is 0 Å². The number of amides is 4. The van der Waals surface area contributed by atoms with Crippen LogP contribution in [0.5, 0.6) is 5.75 Å². The lowest BCUT2D eigenvalue weighted by Gasteiger charge is -2.29. The van der Waals surface area contributed by atoms with Crippen LogP contribution in [-0.4, -0.2) is 78.3 Å². The van der Waals surface area contributed by atoms with Gasteiger partial charge in [0.2, 0.25) is 11.8 Å². The number of pyridine rings is 1. The highest BCUT2D eigenvalue weighted by atomic mass is 32.1. The summed E-state index contributed by atoms with van der Waals surface area (Å²) >= 11 is 1.66. The summed E-state index contributed by atoms with van der Waals surface area (Å²) in [6, 6.07) is 21.0. The number of aromatic nitrogens is 2. The highest BCUT2D eigenvalue weighted by molar-refractivity contribution is 7.21. The number of carbonyl (C=O) groups excluding carboxylic acids is 4. The van der Waals surface area contributed by atoms with E-state index in [2.05, 4.69) is 58.2 Å². The zero-order valence-corrected chi connectivity index (χ0v) is 30.0. The van der Waals surface area contributed by atoms with E-state index in [9.17, 15) is 19.2 Å². The molecule has 4 heterocycles. The SMILES string of the molecule is Cc1cc(-c2ccc(N(C)C)nc2)ccc1-c1nc2ccc(NCCCNC(=O)COc3ccc4c(c3)CN(C3CCC(=O)NC3=O)C4=O)cc2s1. The van der Waals surface area contributed by atoms with E-state index in [1.54, 1.807) is 29.5 Å². The van der Waals surface area contributed by atoms with Crippen molar-refractivity contribution in [2.75, 3.05) is 44.0 Å². The monoisotopic (exact) mass is 717 g/mol. The van der Waals surface area contributed by atoms with E-state index in [1.165, 1.54) is 4.90 Å². The first kappa shape index (κ1) is 34.6. The second-order valence-electron chi connectivity index (χ2n) is 13.2. The fourth-order valence-electron chi connectivity index (χ4n) is 6.44. The Morgan fingerprint density at radius 1 is 1.00 bits per heavy atom. The van der Waals surface area contributed by atoms with Gasteiger partial charge in [0.15, 0.2) is 6.61 Å². The molecule has 2 aliphatic rings. The quantitative estimate of drug-likeness (QED) is 0.118. The molecule has 2 aromatic heterocycles. The van der Waals surface area contributed by atoms with Crippen LogP contribution in [0.3, 0.4) is 0 Å². The zero-order chi connectivity index (χ0) is 36.4. The molecule has 52 heavy (non-hydrogen) atoms. The fraction of sp³-hybridized carbons (Fsp3) is 0.282. The third-order valence-electron chi connectivity index (χ3n) is 9.25. The number of nitrogens with one attached hydrogen (secondary N) is 3. The van der Waals surface area contributed by atoms with Gasteiger partial charge in [-0.1, -0.05) is 18.2 Å². The molecule has 1 unspecified atom stereocenters. The largest absolute Gasteiger partial charge is 0.484 e. The lowest BCUT2D eigenvalue weighted by Crippen LogP contribution is -2.52. The van der Waals surface area contributed by atoms with Crippen molar-refractivity contribution >= 4 is 56.7 Å². The van der Waals surface area contributed by atoms with Gasteiger partial charge in [-0.2, -0.15) is 0 Å². The molecule has 12 nitrogen and oxygen atoms in total. The summed E-state index contributed by atoms with van der Waals surface area (Å²) in [6.45, 7) is 3.34. The summed E-state index contributed by atoms with van der Waals surface area (Å²) in [5.74, 6) is 0.107. The maximum Gasteiger partial charge on any atom is 0.257 e. The van der Waals surface area contributed by atoms with Gasteiger partial charge in [0, 0.05) is 68.7 Å². The van der Waals surface area contributed by atoms with Gasteiger partial charge in [-0.25, -0.2) is 9.97 Å². The molecule has 0 bridgehead atoms. The highest BCUT2D eigenvalue weighted by Crippen LogP contribution is 2.35. The van der Waals surface area contributed by atoms with Crippen LogP contribution in [-0.2, 0) is 20.9 Å². The van der Waals surface area contributed by atoms with E-state index in [4.69, 9.17) is 9.72 Å². The number of nitrogens with zero attached hydrogens (tertiary/aromatic N) is 4. The van der Waals surface area contributed by atoms with E-state index >= 15 is 0 Å². The minimum atomic E-state index is -0.680. The van der Waals surface area contributed by atoms with E-state index < -0.39 is 11.9 Å². The molecule has 0 saturated carbocycles. The Balaban J connectivity index is 0.860. The number of hydrogen-bond acceptors (Lipinski definition) is 10. The number of carbonyl (C=O) groups is 4. The highest BCUT2D eigenvalue weighted by Gasteiger charge is 2.39. The average molecular weight is 718 g/mol. The lowest BCUT2D eigenvalue weighted by atomic mass is 10.0. The van der Waals surface area contributed by atoms with Crippen molar-refractivity contribution in [1.29, 1.82) is 0 Å². The molecule has 266 valence electrons. The van der Waals surface area contributed by atoms with Crippen LogP contribution in [0, 0.1) is 6.92 Å². The van der Waals surface area contributed by atoms with Crippen molar-refractivity contribution in [3.05, 3.63) is 89.6 Å². The number of hydrogen-bond donors (Lipinski definition) is 3. The molecule has 0 radical (unpaired) electrons. The van der Waals surface area contributed by atoms with Gasteiger partial charge in [0.05, 0.1) is 10.2 Å². The minimum absolute atomic E-state index is 0.162. The third-order valence-corrected chi connectivity index (χ3v) is 10.3. The summed E-state index contributed by atoms with van der Waals surface area (Å²) in [7, 11) is 3.96. The smallest absolute Gasteiger partial charge is 0.257 e. The first-order chi connectivity index (χ1) is 25.1. The first-order valence-corrected chi connectivity index (χ1v) is 18.0. The molecule has 3 N–H and O–H groups in total. The van der Waals surface area contributed by atoms with Crippen molar-refractivity contribution in [1.82, 2.24) is 25.5 Å². The molecule has 13 heteroatoms. The topological polar surface area (TPSA) is 146 Å². The summed E-state index contributed by atoms with van der Waals surface area (Å²) < 4.78 is 6.79. The van der Waals surface area contributed by atoms with Crippen LogP contribution in [0.4, 0.5) is 11.5 Å². The standard InChI is InChI=1S/C39H39N7O5S/c1-23-17-24(25-6-13-34(42-20-25)45(2)3)5-9-29(23)38-43-31-11-7-27(19-33(31)52-38)40-15-4-16-41-36(48)22-51-28-8-10-30-26(18-28)21-46(39(30)50)32-12-14-35(47)44-37(32)49/h5-11,13,17-20,32,40H,4,12,14-16,21-22H2,1-3H3,(H,41,48)(H,44,47,49). The van der Waals surface area contributed by atoms with Crippen LogP contribution in [0.25, 0.3) is 31.9 Å². The fourth-order valence-corrected chi connectivity index (χ4v) is 7.54. The van der Waals surface area contributed by atoms with Gasteiger partial charge in [-0.05, 0) is 85.0 Å². The number of imide groups is 1. The number of piperidine rings is 1. The molecule has 1 saturated heterocycles. The molecular weight excluding hydrogens is 679 g/mol. The van der Waals surface area contributed by atoms with Crippen LogP contribution in [0.1, 0.15) is 40.7 Å². The van der Waals surface area contributed by atoms with Crippen LogP contribution in [0.2, 0.25) is 0 Å². The van der Waals surface area contributed by atoms with E-state index in [1.807, 2.05) is 43.4 Å². The van der Waals surface area contributed by atoms with E-state index in [0.717, 1.165) is 54.5 Å². The van der Waals surface area contributed by atoms with Crippen LogP contribution >= 0.6 is 11.3 Å². The molecule has 7 rings (SSSR count). The van der Waals surface area contributed by atoms with E-state index in [-0.39, 0.29) is 37.3 Å². The predicted octanol–water partition coefficient (Wildman–Crippen LogP) is 5.16. The second-order valence-corrected chi connectivity index (χ2v) is 14.2. The number of ether oxygens (including phenoxy) is 1. The minimum Gasteiger partial charge on any atom is -0.484 e. The number of aryl methyl sites for hydroxylation is 1. The third kappa shape index (κ3) is 7.45. The number of rotatable bonds is 12. The molecule has 1 atom stereocenters. The summed E-state index contributed by atoms with van der Waals surface area (Å²) in [5, 5.41) is 9.60. The van der Waals surface area contributed by atoms with Gasteiger partial charge in [-0.15, -0.1) is 11.3 Å². The van der Waals surface area contributed by atoms with E-state index in [0.29, 0.717) is 37.2 Å². The number of thiazole rings is 1. The number of benzene rings is 3. The van der Waals surface area contributed by atoms with Gasteiger partial charge in [0.1, 0.15) is 22.6 Å². The zero-order valence-electron chi connectivity index (χ0n) is 29.2. The van der Waals surface area contributed by atoms with Crippen molar-refractivity contribution < 1.29 is 23.9 Å². The molecule has 4 amide bonds. The Labute approximate surface area is 305 Å². The Morgan fingerprint density at radius 3 is 2.60 bits per heavy atom. The summed E-state index contributed by atoms with van der Waals surface area (Å²) in [6.07, 6.45) is 3.12. The normalized spacial score (nSPS) is 15.4. The second kappa shape index (κ2) is 14.8. The molecule has 5 aromatic rings. The number of fused-ring (bicyclic) bond motifs is 2. The summed E-state index contributed by atoms with van der Waals surface area (Å²) in [5.41, 5.74) is 7.61. The van der Waals surface area contributed by atoms with Crippen molar-refractivity contribution in [2.24, 2.45) is 0 Å². The van der Waals surface area contributed by atoms with Gasteiger partial charge in [-0.3, -0.25) is 24.5 Å². The Kier molecular flexibility index (Phi) is 9.86. The van der Waals surface area contributed by atoms with Crippen molar-refractivity contribution in [2.45, 2.75) is 38.8 Å². The predicted molar refractivity (Wildman–Crippen MR) is 201 cm³/mol.